The minimum absolute atomic E-state index is 0.235. The summed E-state index contributed by atoms with van der Waals surface area (Å²) < 4.78 is 1.90. The fourth-order valence-corrected chi connectivity index (χ4v) is 1.80. The van der Waals surface area contributed by atoms with E-state index >= 15 is 0 Å². The topological polar surface area (TPSA) is 63.5 Å². The van der Waals surface area contributed by atoms with Gasteiger partial charge in [0.15, 0.2) is 0 Å². The van der Waals surface area contributed by atoms with Crippen LogP contribution in [0.15, 0.2) is 48.8 Å². The highest BCUT2D eigenvalue weighted by Crippen LogP contribution is 2.23. The molecule has 0 spiro atoms. The second kappa shape index (κ2) is 3.52. The lowest BCUT2D eigenvalue weighted by Crippen LogP contribution is -1.87. The molecule has 0 aliphatic carbocycles. The van der Waals surface area contributed by atoms with E-state index in [-0.39, 0.29) is 5.75 Å². The number of rotatable bonds is 1. The van der Waals surface area contributed by atoms with Gasteiger partial charge in [-0.2, -0.15) is 0 Å². The molecule has 4 nitrogen and oxygen atoms in total. The Kier molecular flexibility index (Phi) is 2.01. The number of anilines is 1. The van der Waals surface area contributed by atoms with E-state index in [4.69, 9.17) is 5.73 Å². The van der Waals surface area contributed by atoms with Crippen molar-refractivity contribution in [2.24, 2.45) is 0 Å². The maximum Gasteiger partial charge on any atom is 0.139 e. The molecule has 0 aliphatic heterocycles. The normalized spacial score (nSPS) is 10.8. The third-order valence-electron chi connectivity index (χ3n) is 2.63. The number of phenolic OH excluding ortho intramolecular Hbond substituents is 1. The van der Waals surface area contributed by atoms with Crippen LogP contribution in [-0.4, -0.2) is 14.5 Å². The van der Waals surface area contributed by atoms with Gasteiger partial charge in [0, 0.05) is 29.7 Å². The van der Waals surface area contributed by atoms with E-state index in [1.807, 2.05) is 35.0 Å². The SMILES string of the molecule is Nc1ccn2cc(-c3cccc(O)c3)nc2c1. The standard InChI is InChI=1S/C13H11N3O/c14-10-4-5-16-8-12(15-13(16)7-10)9-2-1-3-11(17)6-9/h1-8,17H,14H2. The Hall–Kier alpha value is -2.49. The van der Waals surface area contributed by atoms with Crippen LogP contribution in [0, 0.1) is 0 Å². The van der Waals surface area contributed by atoms with Gasteiger partial charge in [-0.25, -0.2) is 4.98 Å². The van der Waals surface area contributed by atoms with Crippen LogP contribution < -0.4 is 5.73 Å². The zero-order chi connectivity index (χ0) is 11.8. The fraction of sp³-hybridized carbons (Fsp3) is 0. The summed E-state index contributed by atoms with van der Waals surface area (Å²) in [5.41, 5.74) is 8.88. The maximum absolute atomic E-state index is 9.44. The first-order chi connectivity index (χ1) is 8.22. The number of aromatic nitrogens is 2. The van der Waals surface area contributed by atoms with Crippen molar-refractivity contribution in [1.82, 2.24) is 9.38 Å². The monoisotopic (exact) mass is 225 g/mol. The van der Waals surface area contributed by atoms with E-state index in [2.05, 4.69) is 4.98 Å². The summed E-state index contributed by atoms with van der Waals surface area (Å²) in [6, 6.07) is 10.7. The van der Waals surface area contributed by atoms with Gasteiger partial charge in [-0.1, -0.05) is 12.1 Å². The van der Waals surface area contributed by atoms with Gasteiger partial charge in [0.2, 0.25) is 0 Å². The molecule has 2 heterocycles. The number of pyridine rings is 1. The molecule has 0 fully saturated rings. The predicted octanol–water partition coefficient (Wildman–Crippen LogP) is 2.29. The number of fused-ring (bicyclic) bond motifs is 1. The van der Waals surface area contributed by atoms with E-state index in [1.54, 1.807) is 18.2 Å². The van der Waals surface area contributed by atoms with E-state index < -0.39 is 0 Å². The zero-order valence-electron chi connectivity index (χ0n) is 9.04. The lowest BCUT2D eigenvalue weighted by atomic mass is 10.2. The van der Waals surface area contributed by atoms with Crippen molar-refractivity contribution < 1.29 is 5.11 Å². The van der Waals surface area contributed by atoms with Crippen LogP contribution in [-0.2, 0) is 0 Å². The largest absolute Gasteiger partial charge is 0.508 e. The number of benzene rings is 1. The highest BCUT2D eigenvalue weighted by Gasteiger charge is 2.04. The molecule has 0 bridgehead atoms. The maximum atomic E-state index is 9.44. The van der Waals surface area contributed by atoms with Crippen LogP contribution in [0.5, 0.6) is 5.75 Å². The molecule has 0 radical (unpaired) electrons. The van der Waals surface area contributed by atoms with Gasteiger partial charge in [0.1, 0.15) is 11.4 Å². The molecule has 3 aromatic rings. The first-order valence-electron chi connectivity index (χ1n) is 5.26. The Morgan fingerprint density at radius 3 is 2.88 bits per heavy atom. The number of nitrogen functional groups attached to an aromatic ring is 1. The second-order valence-corrected chi connectivity index (χ2v) is 3.90. The van der Waals surface area contributed by atoms with Gasteiger partial charge in [-0.05, 0) is 18.2 Å². The van der Waals surface area contributed by atoms with Crippen LogP contribution in [0.25, 0.3) is 16.9 Å². The summed E-state index contributed by atoms with van der Waals surface area (Å²) in [6.45, 7) is 0. The molecule has 84 valence electrons. The Balaban J connectivity index is 2.18. The molecular weight excluding hydrogens is 214 g/mol. The van der Waals surface area contributed by atoms with Crippen molar-refractivity contribution in [3.05, 3.63) is 48.8 Å². The van der Waals surface area contributed by atoms with Crippen LogP contribution in [0.1, 0.15) is 0 Å². The number of aromatic hydroxyl groups is 1. The van der Waals surface area contributed by atoms with Gasteiger partial charge in [-0.15, -0.1) is 0 Å². The van der Waals surface area contributed by atoms with Crippen molar-refractivity contribution in [3.63, 3.8) is 0 Å². The van der Waals surface area contributed by atoms with Crippen LogP contribution in [0.4, 0.5) is 5.69 Å². The average molecular weight is 225 g/mol. The predicted molar refractivity (Wildman–Crippen MR) is 66.7 cm³/mol. The molecule has 0 aliphatic rings. The summed E-state index contributed by atoms with van der Waals surface area (Å²) in [6.07, 6.45) is 3.77. The third-order valence-corrected chi connectivity index (χ3v) is 2.63. The molecule has 0 unspecified atom stereocenters. The van der Waals surface area contributed by atoms with E-state index in [0.29, 0.717) is 5.69 Å². The van der Waals surface area contributed by atoms with E-state index in [1.165, 1.54) is 0 Å². The minimum atomic E-state index is 0.235. The summed E-state index contributed by atoms with van der Waals surface area (Å²) in [7, 11) is 0. The lowest BCUT2D eigenvalue weighted by Gasteiger charge is -1.96. The van der Waals surface area contributed by atoms with Crippen LogP contribution >= 0.6 is 0 Å². The molecule has 3 rings (SSSR count). The van der Waals surface area contributed by atoms with Crippen molar-refractivity contribution in [1.29, 1.82) is 0 Å². The lowest BCUT2D eigenvalue weighted by molar-refractivity contribution is 0.475. The number of nitrogens with zero attached hydrogens (tertiary/aromatic N) is 2. The Bertz CT molecular complexity index is 688. The second-order valence-electron chi connectivity index (χ2n) is 3.90. The van der Waals surface area contributed by atoms with Crippen molar-refractivity contribution in [2.45, 2.75) is 0 Å². The Labute approximate surface area is 98.0 Å². The zero-order valence-corrected chi connectivity index (χ0v) is 9.04. The molecule has 0 saturated heterocycles. The molecule has 2 aromatic heterocycles. The van der Waals surface area contributed by atoms with Gasteiger partial charge in [-0.3, -0.25) is 0 Å². The number of nitrogens with two attached hydrogens (primary N) is 1. The van der Waals surface area contributed by atoms with Gasteiger partial charge in [0.05, 0.1) is 5.69 Å². The summed E-state index contributed by atoms with van der Waals surface area (Å²) >= 11 is 0. The summed E-state index contributed by atoms with van der Waals surface area (Å²) in [4.78, 5) is 4.46. The first kappa shape index (κ1) is 9.72. The molecule has 1 aromatic carbocycles. The third kappa shape index (κ3) is 1.69. The molecule has 0 saturated carbocycles. The van der Waals surface area contributed by atoms with Crippen molar-refractivity contribution in [2.75, 3.05) is 5.73 Å². The van der Waals surface area contributed by atoms with Gasteiger partial charge in [0.25, 0.3) is 0 Å². The molecular formula is C13H11N3O. The molecule has 3 N–H and O–H groups in total. The smallest absolute Gasteiger partial charge is 0.139 e. The number of hydrogen-bond acceptors (Lipinski definition) is 3. The number of phenols is 1. The van der Waals surface area contributed by atoms with Crippen LogP contribution in [0.2, 0.25) is 0 Å². The average Bonchev–Trinajstić information content (AvgIpc) is 2.72. The molecule has 17 heavy (non-hydrogen) atoms. The highest BCUT2D eigenvalue weighted by molar-refractivity contribution is 5.65. The summed E-state index contributed by atoms with van der Waals surface area (Å²) in [5, 5.41) is 9.44. The van der Waals surface area contributed by atoms with Gasteiger partial charge < -0.3 is 15.2 Å². The van der Waals surface area contributed by atoms with Gasteiger partial charge >= 0.3 is 0 Å². The molecule has 4 heteroatoms. The number of imidazole rings is 1. The fourth-order valence-electron chi connectivity index (χ4n) is 1.80. The summed E-state index contributed by atoms with van der Waals surface area (Å²) in [5.74, 6) is 0.235. The van der Waals surface area contributed by atoms with E-state index in [9.17, 15) is 5.11 Å². The van der Waals surface area contributed by atoms with Crippen LogP contribution in [0.3, 0.4) is 0 Å². The van der Waals surface area contributed by atoms with E-state index in [0.717, 1.165) is 16.9 Å². The number of hydrogen-bond donors (Lipinski definition) is 2. The van der Waals surface area contributed by atoms with Crippen molar-refractivity contribution >= 4 is 11.3 Å². The van der Waals surface area contributed by atoms with Crippen molar-refractivity contribution in [3.8, 4) is 17.0 Å². The first-order valence-corrected chi connectivity index (χ1v) is 5.26. The highest BCUT2D eigenvalue weighted by atomic mass is 16.3. The Morgan fingerprint density at radius 1 is 1.18 bits per heavy atom. The Morgan fingerprint density at radius 2 is 2.06 bits per heavy atom. The molecule has 0 amide bonds. The molecule has 0 atom stereocenters. The minimum Gasteiger partial charge on any atom is -0.508 e. The quantitative estimate of drug-likeness (QED) is 0.667.